The third kappa shape index (κ3) is 4.94. The minimum atomic E-state index is 0.794. The smallest absolute Gasteiger partial charge is 0.144 e. The van der Waals surface area contributed by atoms with Crippen LogP contribution in [0, 0.1) is 0 Å². The zero-order valence-corrected chi connectivity index (χ0v) is 27.4. The predicted molar refractivity (Wildman–Crippen MR) is 207 cm³/mol. The molecule has 0 radical (unpaired) electrons. The van der Waals surface area contributed by atoms with Crippen molar-refractivity contribution in [1.29, 1.82) is 0 Å². The standard InChI is InChI=1S/C46H28N4O/c1-2-12-29(13-3-1)44-37-23-22-35-34-18-11-17-33(45(34)51-46(35)43(37)36-16-4-5-19-38(36)50-44)31-15-10-14-30(26-31)32-27-41(39-20-6-8-24-47-39)49-42(28-32)40-21-7-9-25-48-40/h1-28H. The lowest BCUT2D eigenvalue weighted by atomic mass is 9.96. The van der Waals surface area contributed by atoms with Crippen molar-refractivity contribution in [3.63, 3.8) is 0 Å². The first-order chi connectivity index (χ1) is 25.3. The van der Waals surface area contributed by atoms with Crippen molar-refractivity contribution >= 4 is 43.6 Å². The maximum atomic E-state index is 7.00. The van der Waals surface area contributed by atoms with E-state index in [4.69, 9.17) is 14.4 Å². The highest BCUT2D eigenvalue weighted by Gasteiger charge is 2.19. The lowest BCUT2D eigenvalue weighted by Gasteiger charge is -2.11. The summed E-state index contributed by atoms with van der Waals surface area (Å²) in [6.45, 7) is 0. The number of pyridine rings is 4. The first kappa shape index (κ1) is 29.0. The van der Waals surface area contributed by atoms with Gasteiger partial charge in [0.2, 0.25) is 0 Å². The highest BCUT2D eigenvalue weighted by molar-refractivity contribution is 6.25. The van der Waals surface area contributed by atoms with Gasteiger partial charge in [-0.15, -0.1) is 0 Å². The third-order valence-electron chi connectivity index (χ3n) is 9.56. The Bertz CT molecular complexity index is 2840. The Kier molecular flexibility index (Phi) is 6.74. The number of furan rings is 1. The predicted octanol–water partition coefficient (Wildman–Crippen LogP) is 11.8. The van der Waals surface area contributed by atoms with Crippen LogP contribution in [0.3, 0.4) is 0 Å². The normalized spacial score (nSPS) is 11.5. The zero-order valence-electron chi connectivity index (χ0n) is 27.4. The van der Waals surface area contributed by atoms with Crippen LogP contribution in [0.4, 0.5) is 0 Å². The van der Waals surface area contributed by atoms with Crippen molar-refractivity contribution in [3.8, 4) is 56.3 Å². The lowest BCUT2D eigenvalue weighted by molar-refractivity contribution is 0.674. The average Bonchev–Trinajstić information content (AvgIpc) is 3.60. The largest absolute Gasteiger partial charge is 0.455 e. The van der Waals surface area contributed by atoms with Crippen LogP contribution in [0.1, 0.15) is 0 Å². The average molecular weight is 653 g/mol. The second kappa shape index (κ2) is 11.9. The van der Waals surface area contributed by atoms with E-state index in [1.165, 1.54) is 0 Å². The van der Waals surface area contributed by atoms with Crippen molar-refractivity contribution in [2.24, 2.45) is 0 Å². The minimum absolute atomic E-state index is 0.794. The molecule has 5 heteroatoms. The molecule has 10 rings (SSSR count). The molecule has 0 bridgehead atoms. The van der Waals surface area contributed by atoms with E-state index in [1.54, 1.807) is 12.4 Å². The number of hydrogen-bond donors (Lipinski definition) is 0. The van der Waals surface area contributed by atoms with Gasteiger partial charge in [0, 0.05) is 50.5 Å². The second-order valence-corrected chi connectivity index (χ2v) is 12.6. The topological polar surface area (TPSA) is 64.7 Å². The molecule has 5 aromatic heterocycles. The molecule has 10 aromatic rings. The number of benzene rings is 5. The number of para-hydroxylation sites is 2. The van der Waals surface area contributed by atoms with Gasteiger partial charge >= 0.3 is 0 Å². The van der Waals surface area contributed by atoms with Gasteiger partial charge in [0.25, 0.3) is 0 Å². The van der Waals surface area contributed by atoms with Gasteiger partial charge in [0.05, 0.1) is 34.0 Å². The molecule has 5 aromatic carbocycles. The zero-order chi connectivity index (χ0) is 33.7. The maximum absolute atomic E-state index is 7.00. The van der Waals surface area contributed by atoms with E-state index in [9.17, 15) is 0 Å². The minimum Gasteiger partial charge on any atom is -0.455 e. The molecule has 0 spiro atoms. The highest BCUT2D eigenvalue weighted by Crippen LogP contribution is 2.43. The van der Waals surface area contributed by atoms with Gasteiger partial charge in [-0.3, -0.25) is 9.97 Å². The van der Waals surface area contributed by atoms with Crippen LogP contribution in [0.15, 0.2) is 175 Å². The molecule has 51 heavy (non-hydrogen) atoms. The van der Waals surface area contributed by atoms with Crippen molar-refractivity contribution in [2.75, 3.05) is 0 Å². The molecule has 0 unspecified atom stereocenters. The van der Waals surface area contributed by atoms with E-state index in [-0.39, 0.29) is 0 Å². The van der Waals surface area contributed by atoms with Gasteiger partial charge in [-0.2, -0.15) is 0 Å². The van der Waals surface area contributed by atoms with E-state index in [1.807, 2.05) is 48.5 Å². The first-order valence-electron chi connectivity index (χ1n) is 17.0. The Morgan fingerprint density at radius 3 is 1.76 bits per heavy atom. The third-order valence-corrected chi connectivity index (χ3v) is 9.56. The highest BCUT2D eigenvalue weighted by atomic mass is 16.3. The van der Waals surface area contributed by atoms with E-state index in [0.717, 1.165) is 99.9 Å². The van der Waals surface area contributed by atoms with Crippen molar-refractivity contribution in [1.82, 2.24) is 19.9 Å². The van der Waals surface area contributed by atoms with Gasteiger partial charge in [0.15, 0.2) is 0 Å². The summed E-state index contributed by atoms with van der Waals surface area (Å²) in [5, 5.41) is 5.38. The van der Waals surface area contributed by atoms with Crippen LogP contribution in [0.25, 0.3) is 99.9 Å². The number of nitrogens with zero attached hydrogens (tertiary/aromatic N) is 4. The van der Waals surface area contributed by atoms with Gasteiger partial charge in [-0.25, -0.2) is 9.97 Å². The summed E-state index contributed by atoms with van der Waals surface area (Å²) in [6.07, 6.45) is 3.59. The molecule has 0 aliphatic carbocycles. The molecule has 0 aliphatic heterocycles. The summed E-state index contributed by atoms with van der Waals surface area (Å²) in [5.74, 6) is 0. The SMILES string of the molecule is c1ccc(-c2nc3ccccc3c3c2ccc2c4cccc(-c5cccc(-c6cc(-c7ccccn7)nc(-c7ccccn7)c6)c5)c4oc23)cc1. The summed E-state index contributed by atoms with van der Waals surface area (Å²) in [7, 11) is 0. The molecular weight excluding hydrogens is 625 g/mol. The molecular formula is C46H28N4O. The van der Waals surface area contributed by atoms with Crippen LogP contribution in [-0.2, 0) is 0 Å². The Morgan fingerprint density at radius 1 is 0.373 bits per heavy atom. The fourth-order valence-electron chi connectivity index (χ4n) is 7.19. The molecule has 0 fully saturated rings. The van der Waals surface area contributed by atoms with Crippen molar-refractivity contribution in [3.05, 3.63) is 170 Å². The Balaban J connectivity index is 1.17. The van der Waals surface area contributed by atoms with Gasteiger partial charge < -0.3 is 4.42 Å². The summed E-state index contributed by atoms with van der Waals surface area (Å²) in [5.41, 5.74) is 12.1. The van der Waals surface area contributed by atoms with Crippen LogP contribution >= 0.6 is 0 Å². The summed E-state index contributed by atoms with van der Waals surface area (Å²) >= 11 is 0. The molecule has 5 heterocycles. The summed E-state index contributed by atoms with van der Waals surface area (Å²) in [4.78, 5) is 19.3. The Labute approximate surface area is 293 Å². The molecule has 0 atom stereocenters. The molecule has 0 saturated carbocycles. The quantitative estimate of drug-likeness (QED) is 0.173. The van der Waals surface area contributed by atoms with E-state index in [2.05, 4.69) is 119 Å². The van der Waals surface area contributed by atoms with Crippen LogP contribution < -0.4 is 0 Å². The summed E-state index contributed by atoms with van der Waals surface area (Å²) < 4.78 is 7.00. The Morgan fingerprint density at radius 2 is 1.00 bits per heavy atom. The van der Waals surface area contributed by atoms with Crippen molar-refractivity contribution in [2.45, 2.75) is 0 Å². The lowest BCUT2D eigenvalue weighted by Crippen LogP contribution is -1.94. The van der Waals surface area contributed by atoms with Gasteiger partial charge in [-0.1, -0.05) is 103 Å². The van der Waals surface area contributed by atoms with Gasteiger partial charge in [0.1, 0.15) is 11.2 Å². The number of aromatic nitrogens is 4. The van der Waals surface area contributed by atoms with E-state index < -0.39 is 0 Å². The van der Waals surface area contributed by atoms with E-state index in [0.29, 0.717) is 0 Å². The fourth-order valence-corrected chi connectivity index (χ4v) is 7.19. The molecule has 0 saturated heterocycles. The Hall–Kier alpha value is -6.98. The summed E-state index contributed by atoms with van der Waals surface area (Å²) in [6, 6.07) is 54.1. The first-order valence-corrected chi connectivity index (χ1v) is 17.0. The van der Waals surface area contributed by atoms with E-state index >= 15 is 0 Å². The van der Waals surface area contributed by atoms with Gasteiger partial charge in [-0.05, 0) is 71.3 Å². The molecule has 238 valence electrons. The second-order valence-electron chi connectivity index (χ2n) is 12.6. The van der Waals surface area contributed by atoms with Crippen LogP contribution in [-0.4, -0.2) is 19.9 Å². The monoisotopic (exact) mass is 652 g/mol. The van der Waals surface area contributed by atoms with Crippen LogP contribution in [0.2, 0.25) is 0 Å². The molecule has 0 amide bonds. The molecule has 0 aliphatic rings. The number of fused-ring (bicyclic) bond motifs is 7. The number of rotatable bonds is 5. The van der Waals surface area contributed by atoms with Crippen LogP contribution in [0.5, 0.6) is 0 Å². The molecule has 0 N–H and O–H groups in total. The maximum Gasteiger partial charge on any atom is 0.144 e. The number of hydrogen-bond acceptors (Lipinski definition) is 5. The molecule has 5 nitrogen and oxygen atoms in total. The fraction of sp³-hybridized carbons (Fsp3) is 0. The van der Waals surface area contributed by atoms with Crippen molar-refractivity contribution < 1.29 is 4.42 Å².